The minimum atomic E-state index is -0.0934. The molecule has 0 aromatic heterocycles. The van der Waals surface area contributed by atoms with Crippen LogP contribution >= 0.6 is 22.6 Å². The van der Waals surface area contributed by atoms with Crippen LogP contribution in [0.4, 0.5) is 0 Å². The van der Waals surface area contributed by atoms with Gasteiger partial charge in [-0.1, -0.05) is 0 Å². The predicted molar refractivity (Wildman–Crippen MR) is 66.2 cm³/mol. The third kappa shape index (κ3) is 2.62. The first-order valence-corrected chi connectivity index (χ1v) is 5.97. The summed E-state index contributed by atoms with van der Waals surface area (Å²) in [6, 6.07) is 5.66. The van der Waals surface area contributed by atoms with Gasteiger partial charge in [-0.25, -0.2) is 0 Å². The predicted octanol–water partition coefficient (Wildman–Crippen LogP) is 2.19. The van der Waals surface area contributed by atoms with Gasteiger partial charge >= 0.3 is 0 Å². The number of amides is 1. The summed E-state index contributed by atoms with van der Waals surface area (Å²) in [5.74, 6) is 0.599. The summed E-state index contributed by atoms with van der Waals surface area (Å²) >= 11 is 2.19. The number of ether oxygens (including phenoxy) is 1. The third-order valence-corrected chi connectivity index (χ3v) is 2.90. The molecule has 1 aliphatic carbocycles. The Morgan fingerprint density at radius 1 is 1.53 bits per heavy atom. The first-order chi connectivity index (χ1) is 7.20. The molecular formula is C11H12INO2. The van der Waals surface area contributed by atoms with Crippen molar-refractivity contribution in [2.45, 2.75) is 18.9 Å². The Hall–Kier alpha value is -0.780. The summed E-state index contributed by atoms with van der Waals surface area (Å²) in [6.45, 7) is 0. The maximum atomic E-state index is 11.6. The van der Waals surface area contributed by atoms with Crippen LogP contribution < -0.4 is 10.1 Å². The van der Waals surface area contributed by atoms with Crippen molar-refractivity contribution in [2.24, 2.45) is 0 Å². The van der Waals surface area contributed by atoms with Gasteiger partial charge < -0.3 is 10.1 Å². The molecule has 0 heterocycles. The van der Waals surface area contributed by atoms with E-state index in [0.29, 0.717) is 17.4 Å². The molecule has 0 atom stereocenters. The summed E-state index contributed by atoms with van der Waals surface area (Å²) in [5.41, 5.74) is 0.622. The topological polar surface area (TPSA) is 38.3 Å². The van der Waals surface area contributed by atoms with Crippen LogP contribution in [0.2, 0.25) is 0 Å². The van der Waals surface area contributed by atoms with Crippen molar-refractivity contribution in [2.75, 3.05) is 7.05 Å². The van der Waals surface area contributed by atoms with Crippen molar-refractivity contribution in [3.63, 3.8) is 0 Å². The highest BCUT2D eigenvalue weighted by atomic mass is 127. The van der Waals surface area contributed by atoms with Gasteiger partial charge in [-0.3, -0.25) is 4.79 Å². The minimum Gasteiger partial charge on any atom is -0.490 e. The Morgan fingerprint density at radius 2 is 2.27 bits per heavy atom. The highest BCUT2D eigenvalue weighted by Crippen LogP contribution is 2.29. The molecule has 0 bridgehead atoms. The van der Waals surface area contributed by atoms with Crippen LogP contribution in [0.3, 0.4) is 0 Å². The van der Waals surface area contributed by atoms with Crippen LogP contribution in [0, 0.1) is 3.57 Å². The van der Waals surface area contributed by atoms with Crippen molar-refractivity contribution in [1.82, 2.24) is 5.32 Å². The van der Waals surface area contributed by atoms with Crippen molar-refractivity contribution in [3.05, 3.63) is 27.3 Å². The number of nitrogens with one attached hydrogen (secondary N) is 1. The van der Waals surface area contributed by atoms with Gasteiger partial charge in [0.15, 0.2) is 0 Å². The molecule has 1 aromatic rings. The van der Waals surface area contributed by atoms with Crippen LogP contribution in [0.5, 0.6) is 5.75 Å². The summed E-state index contributed by atoms with van der Waals surface area (Å²) in [7, 11) is 1.63. The van der Waals surface area contributed by atoms with Gasteiger partial charge in [0, 0.05) is 10.6 Å². The number of benzene rings is 1. The van der Waals surface area contributed by atoms with E-state index in [-0.39, 0.29) is 5.91 Å². The lowest BCUT2D eigenvalue weighted by Crippen LogP contribution is -2.19. The molecule has 0 spiro atoms. The van der Waals surface area contributed by atoms with Crippen molar-refractivity contribution >= 4 is 28.5 Å². The van der Waals surface area contributed by atoms with E-state index in [4.69, 9.17) is 4.74 Å². The average molecular weight is 317 g/mol. The van der Waals surface area contributed by atoms with E-state index < -0.39 is 0 Å². The van der Waals surface area contributed by atoms with Gasteiger partial charge in [-0.2, -0.15) is 0 Å². The minimum absolute atomic E-state index is 0.0934. The molecule has 1 amide bonds. The average Bonchev–Trinajstić information content (AvgIpc) is 3.03. The molecule has 1 N–H and O–H groups in total. The Bertz CT molecular complexity index is 388. The van der Waals surface area contributed by atoms with Crippen LogP contribution in [-0.4, -0.2) is 19.1 Å². The van der Waals surface area contributed by atoms with E-state index in [9.17, 15) is 4.79 Å². The Labute approximate surface area is 102 Å². The molecule has 0 saturated heterocycles. The molecule has 1 fully saturated rings. The molecule has 0 unspecified atom stereocenters. The molecule has 1 aliphatic rings. The molecule has 0 aliphatic heterocycles. The lowest BCUT2D eigenvalue weighted by molar-refractivity contribution is 0.0958. The van der Waals surface area contributed by atoms with Crippen LogP contribution in [0.15, 0.2) is 18.2 Å². The number of carbonyl (C=O) groups excluding carboxylic acids is 1. The molecular weight excluding hydrogens is 305 g/mol. The summed E-state index contributed by atoms with van der Waals surface area (Å²) < 4.78 is 6.71. The largest absolute Gasteiger partial charge is 0.490 e. The lowest BCUT2D eigenvalue weighted by Gasteiger charge is -2.10. The monoisotopic (exact) mass is 317 g/mol. The number of carbonyl (C=O) groups is 1. The molecule has 2 rings (SSSR count). The molecule has 1 saturated carbocycles. The smallest absolute Gasteiger partial charge is 0.254 e. The van der Waals surface area contributed by atoms with E-state index >= 15 is 0 Å². The van der Waals surface area contributed by atoms with Crippen molar-refractivity contribution < 1.29 is 9.53 Å². The number of hydrogen-bond acceptors (Lipinski definition) is 2. The van der Waals surface area contributed by atoms with Gasteiger partial charge in [-0.05, 0) is 53.6 Å². The van der Waals surface area contributed by atoms with Gasteiger partial charge in [0.05, 0.1) is 11.7 Å². The highest BCUT2D eigenvalue weighted by molar-refractivity contribution is 14.1. The lowest BCUT2D eigenvalue weighted by atomic mass is 10.2. The van der Waals surface area contributed by atoms with Gasteiger partial charge in [0.1, 0.15) is 5.75 Å². The quantitative estimate of drug-likeness (QED) is 0.868. The number of hydrogen-bond donors (Lipinski definition) is 1. The molecule has 3 nitrogen and oxygen atoms in total. The Kier molecular flexibility index (Phi) is 3.14. The highest BCUT2D eigenvalue weighted by Gasteiger charge is 2.25. The number of halogens is 1. The molecule has 0 radical (unpaired) electrons. The van der Waals surface area contributed by atoms with Gasteiger partial charge in [-0.15, -0.1) is 0 Å². The zero-order valence-electron chi connectivity index (χ0n) is 8.42. The molecule has 15 heavy (non-hydrogen) atoms. The second kappa shape index (κ2) is 4.38. The first kappa shape index (κ1) is 10.7. The maximum absolute atomic E-state index is 11.6. The zero-order valence-corrected chi connectivity index (χ0v) is 10.6. The van der Waals surface area contributed by atoms with Crippen molar-refractivity contribution in [3.8, 4) is 5.75 Å². The second-order valence-electron chi connectivity index (χ2n) is 3.54. The van der Waals surface area contributed by atoms with Crippen LogP contribution in [0.25, 0.3) is 0 Å². The SMILES string of the molecule is CNC(=O)c1cc(I)ccc1OC1CC1. The normalized spacial score (nSPS) is 14.8. The summed E-state index contributed by atoms with van der Waals surface area (Å²) in [6.07, 6.45) is 2.51. The molecule has 1 aromatic carbocycles. The second-order valence-corrected chi connectivity index (χ2v) is 4.78. The van der Waals surface area contributed by atoms with E-state index in [1.54, 1.807) is 7.05 Å². The molecule has 80 valence electrons. The first-order valence-electron chi connectivity index (χ1n) is 4.89. The molecule has 4 heteroatoms. The van der Waals surface area contributed by atoms with Crippen molar-refractivity contribution in [1.29, 1.82) is 0 Å². The fourth-order valence-corrected chi connectivity index (χ4v) is 1.77. The van der Waals surface area contributed by atoms with Gasteiger partial charge in [0.2, 0.25) is 0 Å². The zero-order chi connectivity index (χ0) is 10.8. The summed E-state index contributed by atoms with van der Waals surface area (Å²) in [5, 5.41) is 2.62. The number of rotatable bonds is 3. The van der Waals surface area contributed by atoms with E-state index in [1.807, 2.05) is 18.2 Å². The van der Waals surface area contributed by atoms with E-state index in [1.165, 1.54) is 0 Å². The van der Waals surface area contributed by atoms with E-state index in [0.717, 1.165) is 16.4 Å². The Morgan fingerprint density at radius 3 is 2.87 bits per heavy atom. The fraction of sp³-hybridized carbons (Fsp3) is 0.364. The fourth-order valence-electron chi connectivity index (χ4n) is 1.28. The van der Waals surface area contributed by atoms with Crippen LogP contribution in [-0.2, 0) is 0 Å². The summed E-state index contributed by atoms with van der Waals surface area (Å²) in [4.78, 5) is 11.6. The van der Waals surface area contributed by atoms with E-state index in [2.05, 4.69) is 27.9 Å². The van der Waals surface area contributed by atoms with Crippen LogP contribution in [0.1, 0.15) is 23.2 Å². The third-order valence-electron chi connectivity index (χ3n) is 2.23. The maximum Gasteiger partial charge on any atom is 0.254 e. The Balaban J connectivity index is 2.29. The van der Waals surface area contributed by atoms with Gasteiger partial charge in [0.25, 0.3) is 5.91 Å². The standard InChI is InChI=1S/C11H12INO2/c1-13-11(14)9-6-7(12)2-5-10(9)15-8-3-4-8/h2,5-6,8H,3-4H2,1H3,(H,13,14).